The lowest BCUT2D eigenvalue weighted by Crippen LogP contribution is -2.47. The second-order valence-corrected chi connectivity index (χ2v) is 3.80. The zero-order chi connectivity index (χ0) is 15.1. The number of benzene rings is 1. The van der Waals surface area contributed by atoms with E-state index in [0.29, 0.717) is 0 Å². The molecule has 8 heteroatoms. The van der Waals surface area contributed by atoms with Crippen LogP contribution in [0.15, 0.2) is 24.3 Å². The van der Waals surface area contributed by atoms with E-state index < -0.39 is 42.8 Å². The summed E-state index contributed by atoms with van der Waals surface area (Å²) in [6, 6.07) is 3.77. The van der Waals surface area contributed by atoms with Crippen molar-refractivity contribution in [1.82, 2.24) is 10.6 Å². The van der Waals surface area contributed by atoms with Crippen molar-refractivity contribution < 1.29 is 29.0 Å². The molecule has 7 nitrogen and oxygen atoms in total. The number of carboxylic acid groups (broad SMARTS) is 1. The lowest BCUT2D eigenvalue weighted by Gasteiger charge is -2.12. The Labute approximate surface area is 113 Å². The fourth-order valence-corrected chi connectivity index (χ4v) is 1.33. The minimum absolute atomic E-state index is 0.225. The van der Waals surface area contributed by atoms with E-state index in [4.69, 9.17) is 10.2 Å². The Hall–Kier alpha value is -2.48. The van der Waals surface area contributed by atoms with Gasteiger partial charge in [0.15, 0.2) is 0 Å². The first-order chi connectivity index (χ1) is 9.45. The number of halogens is 1. The van der Waals surface area contributed by atoms with E-state index in [-0.39, 0.29) is 5.56 Å². The number of carbonyl (C=O) groups excluding carboxylic acids is 2. The van der Waals surface area contributed by atoms with Crippen LogP contribution in [0.2, 0.25) is 0 Å². The predicted molar refractivity (Wildman–Crippen MR) is 65.4 cm³/mol. The third-order valence-corrected chi connectivity index (χ3v) is 2.34. The smallest absolute Gasteiger partial charge is 0.328 e. The predicted octanol–water partition coefficient (Wildman–Crippen LogP) is -0.883. The average Bonchev–Trinajstić information content (AvgIpc) is 2.42. The molecule has 0 spiro atoms. The topological polar surface area (TPSA) is 116 Å². The van der Waals surface area contributed by atoms with E-state index in [1.165, 1.54) is 18.2 Å². The van der Waals surface area contributed by atoms with Crippen LogP contribution in [0.3, 0.4) is 0 Å². The van der Waals surface area contributed by atoms with Gasteiger partial charge in [-0.2, -0.15) is 0 Å². The quantitative estimate of drug-likeness (QED) is 0.541. The van der Waals surface area contributed by atoms with Gasteiger partial charge in [0.1, 0.15) is 11.9 Å². The van der Waals surface area contributed by atoms with Gasteiger partial charge in [0.05, 0.1) is 18.7 Å². The molecular formula is C12H13FN2O5. The highest BCUT2D eigenvalue weighted by molar-refractivity contribution is 5.97. The summed E-state index contributed by atoms with van der Waals surface area (Å²) in [5.41, 5.74) is -0.225. The highest BCUT2D eigenvalue weighted by Gasteiger charge is 2.19. The Kier molecular flexibility index (Phi) is 5.60. The first-order valence-electron chi connectivity index (χ1n) is 5.61. The van der Waals surface area contributed by atoms with Crippen LogP contribution in [-0.2, 0) is 9.59 Å². The molecule has 0 fully saturated rings. The van der Waals surface area contributed by atoms with E-state index in [2.05, 4.69) is 5.32 Å². The number of carboxylic acids is 1. The molecule has 0 aliphatic heterocycles. The van der Waals surface area contributed by atoms with Crippen LogP contribution in [0.1, 0.15) is 10.4 Å². The second-order valence-electron chi connectivity index (χ2n) is 3.80. The van der Waals surface area contributed by atoms with Gasteiger partial charge in [-0.05, 0) is 12.1 Å². The van der Waals surface area contributed by atoms with E-state index in [1.807, 2.05) is 5.32 Å². The molecule has 108 valence electrons. The fraction of sp³-hybridized carbons (Fsp3) is 0.250. The van der Waals surface area contributed by atoms with Crippen molar-refractivity contribution in [2.45, 2.75) is 6.04 Å². The van der Waals surface area contributed by atoms with Gasteiger partial charge >= 0.3 is 5.97 Å². The van der Waals surface area contributed by atoms with Crippen molar-refractivity contribution in [3.8, 4) is 0 Å². The highest BCUT2D eigenvalue weighted by atomic mass is 19.1. The summed E-state index contributed by atoms with van der Waals surface area (Å²) >= 11 is 0. The Morgan fingerprint density at radius 1 is 1.25 bits per heavy atom. The van der Waals surface area contributed by atoms with Gasteiger partial charge in [0.2, 0.25) is 5.91 Å². The third kappa shape index (κ3) is 4.32. The number of rotatable bonds is 6. The van der Waals surface area contributed by atoms with Gasteiger partial charge in [0, 0.05) is 0 Å². The molecule has 0 aromatic heterocycles. The van der Waals surface area contributed by atoms with E-state index >= 15 is 0 Å². The van der Waals surface area contributed by atoms with Crippen LogP contribution in [0.25, 0.3) is 0 Å². The highest BCUT2D eigenvalue weighted by Crippen LogP contribution is 2.05. The molecule has 20 heavy (non-hydrogen) atoms. The maximum absolute atomic E-state index is 13.3. The lowest BCUT2D eigenvalue weighted by atomic mass is 10.2. The van der Waals surface area contributed by atoms with Gasteiger partial charge in [-0.3, -0.25) is 9.59 Å². The maximum atomic E-state index is 13.3. The van der Waals surface area contributed by atoms with Crippen LogP contribution in [0.4, 0.5) is 4.39 Å². The van der Waals surface area contributed by atoms with Crippen molar-refractivity contribution >= 4 is 17.8 Å². The van der Waals surface area contributed by atoms with Crippen molar-refractivity contribution in [2.75, 3.05) is 13.2 Å². The monoisotopic (exact) mass is 284 g/mol. The molecule has 0 bridgehead atoms. The molecule has 0 saturated heterocycles. The molecule has 0 saturated carbocycles. The van der Waals surface area contributed by atoms with E-state index in [9.17, 15) is 18.8 Å². The number of aliphatic hydroxyl groups excluding tert-OH is 1. The van der Waals surface area contributed by atoms with Crippen LogP contribution in [-0.4, -0.2) is 47.2 Å². The van der Waals surface area contributed by atoms with Crippen LogP contribution in [0, 0.1) is 5.82 Å². The Morgan fingerprint density at radius 3 is 2.45 bits per heavy atom. The number of hydrogen-bond donors (Lipinski definition) is 4. The maximum Gasteiger partial charge on any atom is 0.328 e. The lowest BCUT2D eigenvalue weighted by molar-refractivity contribution is -0.142. The van der Waals surface area contributed by atoms with Gasteiger partial charge in [0.25, 0.3) is 5.91 Å². The summed E-state index contributed by atoms with van der Waals surface area (Å²) in [4.78, 5) is 33.5. The molecule has 2 amide bonds. The zero-order valence-electron chi connectivity index (χ0n) is 10.3. The van der Waals surface area contributed by atoms with Crippen molar-refractivity contribution in [2.24, 2.45) is 0 Å². The second kappa shape index (κ2) is 7.19. The van der Waals surface area contributed by atoms with Gasteiger partial charge in [-0.1, -0.05) is 12.1 Å². The molecule has 0 heterocycles. The minimum atomic E-state index is -1.45. The molecule has 4 N–H and O–H groups in total. The Balaban J connectivity index is 2.51. The van der Waals surface area contributed by atoms with Gasteiger partial charge in [-0.25, -0.2) is 9.18 Å². The van der Waals surface area contributed by atoms with Crippen LogP contribution < -0.4 is 10.6 Å². The molecule has 0 aliphatic rings. The minimum Gasteiger partial charge on any atom is -0.480 e. The normalized spacial score (nSPS) is 11.5. The van der Waals surface area contributed by atoms with Crippen molar-refractivity contribution in [3.05, 3.63) is 35.6 Å². The van der Waals surface area contributed by atoms with Gasteiger partial charge < -0.3 is 20.8 Å². The third-order valence-electron chi connectivity index (χ3n) is 2.34. The number of nitrogens with one attached hydrogen (secondary N) is 2. The summed E-state index contributed by atoms with van der Waals surface area (Å²) in [6.07, 6.45) is 0. The van der Waals surface area contributed by atoms with Crippen LogP contribution in [0.5, 0.6) is 0 Å². The zero-order valence-corrected chi connectivity index (χ0v) is 10.3. The number of aliphatic hydroxyl groups is 1. The summed E-state index contributed by atoms with van der Waals surface area (Å²) in [7, 11) is 0. The molecule has 1 rings (SSSR count). The first-order valence-corrected chi connectivity index (χ1v) is 5.61. The molecule has 0 radical (unpaired) electrons. The number of aliphatic carboxylic acids is 1. The number of amides is 2. The average molecular weight is 284 g/mol. The standard InChI is InChI=1S/C12H13FN2O5/c13-8-4-2-1-3-7(8)11(18)14-5-10(17)15-9(6-16)12(19)20/h1-4,9,16H,5-6H2,(H,14,18)(H,15,17)(H,19,20)/t9-/m0/s1. The van der Waals surface area contributed by atoms with Crippen molar-refractivity contribution in [1.29, 1.82) is 0 Å². The van der Waals surface area contributed by atoms with Crippen LogP contribution >= 0.6 is 0 Å². The SMILES string of the molecule is O=C(CNC(=O)c1ccccc1F)N[C@@H](CO)C(=O)O. The first kappa shape index (κ1) is 15.6. The Bertz CT molecular complexity index is 520. The largest absolute Gasteiger partial charge is 0.480 e. The fourth-order valence-electron chi connectivity index (χ4n) is 1.33. The molecule has 1 aromatic carbocycles. The summed E-state index contributed by atoms with van der Waals surface area (Å²) in [5, 5.41) is 21.4. The molecule has 0 unspecified atom stereocenters. The van der Waals surface area contributed by atoms with E-state index in [1.54, 1.807) is 0 Å². The molecule has 1 atom stereocenters. The number of hydrogen-bond acceptors (Lipinski definition) is 4. The van der Waals surface area contributed by atoms with E-state index in [0.717, 1.165) is 6.07 Å². The summed E-state index contributed by atoms with van der Waals surface area (Å²) in [5.74, 6) is -3.74. The molecule has 0 aliphatic carbocycles. The Morgan fingerprint density at radius 2 is 1.90 bits per heavy atom. The summed E-state index contributed by atoms with van der Waals surface area (Å²) < 4.78 is 13.3. The summed E-state index contributed by atoms with van der Waals surface area (Å²) in [6.45, 7) is -1.31. The number of carbonyl (C=O) groups is 3. The molecular weight excluding hydrogens is 271 g/mol. The molecule has 1 aromatic rings. The van der Waals surface area contributed by atoms with Crippen molar-refractivity contribution in [3.63, 3.8) is 0 Å². The van der Waals surface area contributed by atoms with Gasteiger partial charge in [-0.15, -0.1) is 0 Å².